The topological polar surface area (TPSA) is 75.8 Å². The monoisotopic (exact) mass is 284 g/mol. The van der Waals surface area contributed by atoms with Gasteiger partial charge in [0, 0.05) is 18.3 Å². The van der Waals surface area contributed by atoms with Gasteiger partial charge in [0.15, 0.2) is 0 Å². The molecule has 3 aromatic rings. The Morgan fingerprint density at radius 3 is 2.62 bits per heavy atom. The molecule has 0 aliphatic carbocycles. The number of carbonyl (C=O) groups is 1. The van der Waals surface area contributed by atoms with Crippen LogP contribution in [0.2, 0.25) is 0 Å². The number of benzene rings is 1. The molecule has 0 fully saturated rings. The normalized spacial score (nSPS) is 11.0. The smallest absolute Gasteiger partial charge is 0.335 e. The Bertz CT molecular complexity index is 811. The zero-order chi connectivity index (χ0) is 15.1. The van der Waals surface area contributed by atoms with Crippen molar-refractivity contribution in [2.45, 2.75) is 13.8 Å². The number of rotatable bonds is 3. The molecular weight excluding hydrogens is 268 g/mol. The molecule has 0 aliphatic heterocycles. The summed E-state index contributed by atoms with van der Waals surface area (Å²) in [5.41, 5.74) is 5.20. The summed E-state index contributed by atoms with van der Waals surface area (Å²) in [6, 6.07) is 5.08. The summed E-state index contributed by atoms with van der Waals surface area (Å²) in [5, 5.41) is 16.5. The summed E-state index contributed by atoms with van der Waals surface area (Å²) in [5.74, 6) is -0.927. The van der Waals surface area contributed by atoms with Crippen molar-refractivity contribution in [3.8, 4) is 16.9 Å². The van der Waals surface area contributed by atoms with Gasteiger partial charge in [0.25, 0.3) is 0 Å². The van der Waals surface area contributed by atoms with Crippen LogP contribution in [-0.4, -0.2) is 30.6 Å². The number of hydrogen-bond acceptors (Lipinski definition) is 2. The Morgan fingerprint density at radius 2 is 2.05 bits per heavy atom. The maximum atomic E-state index is 11.1. The molecule has 6 heteroatoms. The molecule has 0 spiro atoms. The number of aromatic nitrogens is 4. The first kappa shape index (κ1) is 13.2. The largest absolute Gasteiger partial charge is 0.478 e. The average molecular weight is 284 g/mol. The van der Waals surface area contributed by atoms with Gasteiger partial charge in [-0.3, -0.25) is 14.5 Å². The van der Waals surface area contributed by atoms with Crippen LogP contribution in [0.4, 0.5) is 0 Å². The van der Waals surface area contributed by atoms with Crippen LogP contribution in [0.15, 0.2) is 30.6 Å². The molecular formula is C15H16N4O2. The van der Waals surface area contributed by atoms with Gasteiger partial charge in [0.05, 0.1) is 29.3 Å². The minimum atomic E-state index is -0.927. The number of aryl methyl sites for hydroxylation is 2. The standard InChI is InChI=1S/C15H16N4O2/c1-9-4-5-11(15(20)21)6-14(9)19-8-13(17-19)12-7-16-18(3)10(12)2/h4-8,17H,1-3H3,(H,20,21). The van der Waals surface area contributed by atoms with Crippen LogP contribution >= 0.6 is 0 Å². The first-order chi connectivity index (χ1) is 9.97. The summed E-state index contributed by atoms with van der Waals surface area (Å²) in [7, 11) is 1.90. The van der Waals surface area contributed by atoms with Crippen LogP contribution in [0.1, 0.15) is 21.6 Å². The van der Waals surface area contributed by atoms with Crippen molar-refractivity contribution >= 4 is 5.97 Å². The first-order valence-corrected chi connectivity index (χ1v) is 6.58. The maximum Gasteiger partial charge on any atom is 0.335 e. The number of nitrogens with one attached hydrogen (secondary N) is 1. The summed E-state index contributed by atoms with van der Waals surface area (Å²) < 4.78 is 3.64. The fourth-order valence-electron chi connectivity index (χ4n) is 2.28. The highest BCUT2D eigenvalue weighted by molar-refractivity contribution is 5.88. The predicted molar refractivity (Wildman–Crippen MR) is 78.8 cm³/mol. The van der Waals surface area contributed by atoms with E-state index in [0.717, 1.165) is 28.2 Å². The van der Waals surface area contributed by atoms with Crippen LogP contribution in [-0.2, 0) is 7.05 Å². The van der Waals surface area contributed by atoms with Gasteiger partial charge in [-0.15, -0.1) is 0 Å². The minimum absolute atomic E-state index is 0.275. The van der Waals surface area contributed by atoms with Gasteiger partial charge < -0.3 is 5.11 Å². The second-order valence-electron chi connectivity index (χ2n) is 5.10. The fraction of sp³-hybridized carbons (Fsp3) is 0.200. The van der Waals surface area contributed by atoms with Gasteiger partial charge in [-0.2, -0.15) is 5.10 Å². The Balaban J connectivity index is 1.97. The van der Waals surface area contributed by atoms with Crippen LogP contribution < -0.4 is 0 Å². The maximum absolute atomic E-state index is 11.1. The van der Waals surface area contributed by atoms with Gasteiger partial charge in [-0.25, -0.2) is 4.79 Å². The Morgan fingerprint density at radius 1 is 1.33 bits per heavy atom. The van der Waals surface area contributed by atoms with Crippen LogP contribution in [0, 0.1) is 13.8 Å². The van der Waals surface area contributed by atoms with Crippen molar-refractivity contribution in [1.82, 2.24) is 19.6 Å². The molecule has 0 saturated heterocycles. The Kier molecular flexibility index (Phi) is 2.94. The van der Waals surface area contributed by atoms with E-state index in [4.69, 9.17) is 5.11 Å². The highest BCUT2D eigenvalue weighted by atomic mass is 16.4. The lowest BCUT2D eigenvalue weighted by molar-refractivity contribution is 0.0697. The van der Waals surface area contributed by atoms with Crippen molar-refractivity contribution in [3.05, 3.63) is 47.4 Å². The molecule has 0 amide bonds. The highest BCUT2D eigenvalue weighted by Gasteiger charge is 2.14. The second kappa shape index (κ2) is 4.66. The van der Waals surface area contributed by atoms with Crippen LogP contribution in [0.3, 0.4) is 0 Å². The molecule has 21 heavy (non-hydrogen) atoms. The van der Waals surface area contributed by atoms with Crippen molar-refractivity contribution in [2.24, 2.45) is 7.05 Å². The number of carboxylic acid groups (broad SMARTS) is 1. The summed E-state index contributed by atoms with van der Waals surface area (Å²) in [4.78, 5) is 11.1. The van der Waals surface area contributed by atoms with Crippen molar-refractivity contribution in [2.75, 3.05) is 0 Å². The van der Waals surface area contributed by atoms with E-state index in [2.05, 4.69) is 10.2 Å². The molecule has 0 bridgehead atoms. The number of aromatic carboxylic acids is 1. The molecule has 108 valence electrons. The molecule has 0 radical (unpaired) electrons. The predicted octanol–water partition coefficient (Wildman–Crippen LogP) is 2.52. The number of hydrogen-bond donors (Lipinski definition) is 2. The lowest BCUT2D eigenvalue weighted by Gasteiger charge is -2.18. The molecule has 0 atom stereocenters. The van der Waals surface area contributed by atoms with E-state index in [-0.39, 0.29) is 5.56 Å². The Hall–Kier alpha value is -2.76. The quantitative estimate of drug-likeness (QED) is 0.776. The average Bonchev–Trinajstić information content (AvgIpc) is 2.71. The van der Waals surface area contributed by atoms with E-state index < -0.39 is 5.97 Å². The molecule has 2 N–H and O–H groups in total. The third-order valence-corrected chi connectivity index (χ3v) is 3.74. The molecule has 3 rings (SSSR count). The van der Waals surface area contributed by atoms with Crippen molar-refractivity contribution in [3.63, 3.8) is 0 Å². The molecule has 0 saturated carbocycles. The van der Waals surface area contributed by atoms with Crippen molar-refractivity contribution in [1.29, 1.82) is 0 Å². The molecule has 1 aromatic carbocycles. The highest BCUT2D eigenvalue weighted by Crippen LogP contribution is 2.25. The van der Waals surface area contributed by atoms with Crippen molar-refractivity contribution < 1.29 is 9.90 Å². The first-order valence-electron chi connectivity index (χ1n) is 6.58. The van der Waals surface area contributed by atoms with Gasteiger partial charge in [-0.1, -0.05) is 6.07 Å². The number of nitrogens with zero attached hydrogens (tertiary/aromatic N) is 3. The summed E-state index contributed by atoms with van der Waals surface area (Å²) in [6.07, 6.45) is 3.75. The van der Waals surface area contributed by atoms with E-state index in [9.17, 15) is 4.79 Å². The molecule has 2 aromatic heterocycles. The van der Waals surface area contributed by atoms with Crippen LogP contribution in [0.25, 0.3) is 16.9 Å². The number of H-pyrrole nitrogens is 1. The number of aromatic amines is 1. The van der Waals surface area contributed by atoms with E-state index in [1.807, 2.05) is 48.7 Å². The van der Waals surface area contributed by atoms with E-state index in [1.54, 1.807) is 12.1 Å². The lowest BCUT2D eigenvalue weighted by Crippen LogP contribution is -2.11. The third kappa shape index (κ3) is 2.14. The zero-order valence-electron chi connectivity index (χ0n) is 12.1. The summed E-state index contributed by atoms with van der Waals surface area (Å²) >= 11 is 0. The molecule has 6 nitrogen and oxygen atoms in total. The van der Waals surface area contributed by atoms with Crippen LogP contribution in [0.5, 0.6) is 0 Å². The van der Waals surface area contributed by atoms with Gasteiger partial charge in [0.2, 0.25) is 0 Å². The lowest BCUT2D eigenvalue weighted by atomic mass is 10.1. The Labute approximate surface area is 121 Å². The molecule has 0 aliphatic rings. The fourth-order valence-corrected chi connectivity index (χ4v) is 2.28. The van der Waals surface area contributed by atoms with E-state index >= 15 is 0 Å². The SMILES string of the molecule is Cc1ccc(C(=O)O)cc1-n1cc(-c2cnn(C)c2C)[nH]1. The summed E-state index contributed by atoms with van der Waals surface area (Å²) in [6.45, 7) is 3.95. The van der Waals surface area contributed by atoms with Gasteiger partial charge in [0.1, 0.15) is 0 Å². The molecule has 2 heterocycles. The second-order valence-corrected chi connectivity index (χ2v) is 5.10. The number of carboxylic acids is 1. The van der Waals surface area contributed by atoms with E-state index in [0.29, 0.717) is 0 Å². The molecule has 0 unspecified atom stereocenters. The zero-order valence-corrected chi connectivity index (χ0v) is 12.1. The van der Waals surface area contributed by atoms with Gasteiger partial charge >= 0.3 is 5.97 Å². The third-order valence-electron chi connectivity index (χ3n) is 3.74. The minimum Gasteiger partial charge on any atom is -0.478 e. The van der Waals surface area contributed by atoms with E-state index in [1.165, 1.54) is 0 Å². The van der Waals surface area contributed by atoms with Gasteiger partial charge in [-0.05, 0) is 31.5 Å².